The number of hydrogen-bond acceptors (Lipinski definition) is 3. The average molecular weight is 269 g/mol. The van der Waals surface area contributed by atoms with Gasteiger partial charge in [-0.2, -0.15) is 5.10 Å². The molecule has 0 fully saturated rings. The number of fused-ring (bicyclic) bond motifs is 1. The molecule has 0 saturated carbocycles. The zero-order valence-electron chi connectivity index (χ0n) is 11.2. The van der Waals surface area contributed by atoms with Gasteiger partial charge in [-0.25, -0.2) is 5.10 Å². The lowest BCUT2D eigenvalue weighted by Gasteiger charge is -2.27. The number of benzene rings is 1. The van der Waals surface area contributed by atoms with Crippen LogP contribution in [-0.2, 0) is 13.0 Å². The summed E-state index contributed by atoms with van der Waals surface area (Å²) in [6.07, 6.45) is 0.670. The van der Waals surface area contributed by atoms with Crippen LogP contribution in [0.4, 0.5) is 0 Å². The lowest BCUT2D eigenvalue weighted by molar-refractivity contribution is 0.0733. The Hall–Kier alpha value is -2.43. The summed E-state index contributed by atoms with van der Waals surface area (Å²) in [7, 11) is 0. The Kier molecular flexibility index (Phi) is 3.10. The van der Waals surface area contributed by atoms with Crippen molar-refractivity contribution in [1.82, 2.24) is 15.1 Å². The quantitative estimate of drug-likeness (QED) is 0.848. The maximum atomic E-state index is 12.4. The van der Waals surface area contributed by atoms with Gasteiger partial charge in [0.2, 0.25) is 0 Å². The number of hydrogen-bond donors (Lipinski definition) is 1. The van der Waals surface area contributed by atoms with Crippen LogP contribution in [0.1, 0.15) is 27.2 Å². The molecule has 1 N–H and O–H groups in total. The molecule has 2 heterocycles. The van der Waals surface area contributed by atoms with E-state index in [2.05, 4.69) is 10.2 Å². The molecule has 2 aromatic rings. The molecular weight excluding hydrogens is 254 g/mol. The van der Waals surface area contributed by atoms with E-state index in [4.69, 9.17) is 0 Å². The van der Waals surface area contributed by atoms with Crippen LogP contribution in [0.3, 0.4) is 0 Å². The summed E-state index contributed by atoms with van der Waals surface area (Å²) in [6.45, 7) is 3.06. The van der Waals surface area contributed by atoms with Gasteiger partial charge in [-0.15, -0.1) is 0 Å². The molecule has 20 heavy (non-hydrogen) atoms. The lowest BCUT2D eigenvalue weighted by atomic mass is 10.0. The molecule has 0 bridgehead atoms. The lowest BCUT2D eigenvalue weighted by Crippen LogP contribution is -2.37. The molecular formula is C15H15N3O2. The normalized spacial score (nSPS) is 13.9. The third kappa shape index (κ3) is 2.34. The first-order valence-electron chi connectivity index (χ1n) is 6.57. The molecule has 5 heteroatoms. The van der Waals surface area contributed by atoms with Gasteiger partial charge in [-0.1, -0.05) is 17.7 Å². The highest BCUT2D eigenvalue weighted by atomic mass is 16.2. The van der Waals surface area contributed by atoms with Crippen molar-refractivity contribution >= 4 is 5.91 Å². The van der Waals surface area contributed by atoms with E-state index in [0.717, 1.165) is 16.8 Å². The van der Waals surface area contributed by atoms with Crippen LogP contribution in [-0.4, -0.2) is 27.5 Å². The highest BCUT2D eigenvalue weighted by Gasteiger charge is 2.22. The molecule has 0 radical (unpaired) electrons. The predicted molar refractivity (Wildman–Crippen MR) is 74.5 cm³/mol. The van der Waals surface area contributed by atoms with Crippen molar-refractivity contribution in [2.45, 2.75) is 19.9 Å². The highest BCUT2D eigenvalue weighted by molar-refractivity contribution is 5.94. The summed E-state index contributed by atoms with van der Waals surface area (Å²) < 4.78 is 0. The van der Waals surface area contributed by atoms with Crippen LogP contribution in [0.5, 0.6) is 0 Å². The van der Waals surface area contributed by atoms with Gasteiger partial charge in [-0.05, 0) is 19.1 Å². The zero-order valence-corrected chi connectivity index (χ0v) is 11.2. The van der Waals surface area contributed by atoms with Gasteiger partial charge in [0, 0.05) is 36.7 Å². The van der Waals surface area contributed by atoms with Crippen LogP contribution in [0.25, 0.3) is 0 Å². The number of H-pyrrole nitrogens is 1. The number of carbonyl (C=O) groups excluding carboxylic acids is 1. The summed E-state index contributed by atoms with van der Waals surface area (Å²) in [5, 5.41) is 6.45. The van der Waals surface area contributed by atoms with Crippen molar-refractivity contribution in [1.29, 1.82) is 0 Å². The van der Waals surface area contributed by atoms with Crippen molar-refractivity contribution in [2.24, 2.45) is 0 Å². The number of aromatic nitrogens is 2. The summed E-state index contributed by atoms with van der Waals surface area (Å²) in [5.74, 6) is -0.00377. The molecule has 0 atom stereocenters. The second-order valence-electron chi connectivity index (χ2n) is 5.05. The van der Waals surface area contributed by atoms with Crippen LogP contribution < -0.4 is 5.56 Å². The smallest absolute Gasteiger partial charge is 0.264 e. The van der Waals surface area contributed by atoms with Crippen LogP contribution in [0, 0.1) is 6.92 Å². The van der Waals surface area contributed by atoms with Gasteiger partial charge in [0.25, 0.3) is 11.5 Å². The predicted octanol–water partition coefficient (Wildman–Crippen LogP) is 1.28. The molecule has 3 rings (SSSR count). The standard InChI is InChI=1S/C15H15N3O2/c1-10-2-4-11(5-3-10)15(20)18-7-6-13-12(9-18)8-14(19)17-16-13/h2-5,8H,6-7,9H2,1H3,(H,17,19). The van der Waals surface area contributed by atoms with E-state index in [9.17, 15) is 9.59 Å². The van der Waals surface area contributed by atoms with E-state index in [1.807, 2.05) is 31.2 Å². The SMILES string of the molecule is Cc1ccc(C(=O)N2CCc3n[nH]c(=O)cc3C2)cc1. The number of amides is 1. The van der Waals surface area contributed by atoms with E-state index < -0.39 is 0 Å². The first kappa shape index (κ1) is 12.6. The number of nitrogens with one attached hydrogen (secondary N) is 1. The molecule has 0 unspecified atom stereocenters. The fraction of sp³-hybridized carbons (Fsp3) is 0.267. The molecule has 102 valence electrons. The fourth-order valence-corrected chi connectivity index (χ4v) is 2.40. The third-order valence-electron chi connectivity index (χ3n) is 3.54. The average Bonchev–Trinajstić information content (AvgIpc) is 2.46. The third-order valence-corrected chi connectivity index (χ3v) is 3.54. The first-order chi connectivity index (χ1) is 9.63. The Morgan fingerprint density at radius 3 is 2.80 bits per heavy atom. The number of carbonyl (C=O) groups is 1. The maximum absolute atomic E-state index is 12.4. The fourth-order valence-electron chi connectivity index (χ4n) is 2.40. The van der Waals surface area contributed by atoms with Crippen LogP contribution in [0.15, 0.2) is 35.1 Å². The van der Waals surface area contributed by atoms with Crippen LogP contribution in [0.2, 0.25) is 0 Å². The second kappa shape index (κ2) is 4.92. The molecule has 1 aromatic heterocycles. The van der Waals surface area contributed by atoms with Crippen molar-refractivity contribution < 1.29 is 4.79 Å². The summed E-state index contributed by atoms with van der Waals surface area (Å²) >= 11 is 0. The van der Waals surface area contributed by atoms with Gasteiger partial charge in [-0.3, -0.25) is 9.59 Å². The van der Waals surface area contributed by atoms with Gasteiger partial charge < -0.3 is 4.90 Å². The number of aryl methyl sites for hydroxylation is 1. The van der Waals surface area contributed by atoms with E-state index in [-0.39, 0.29) is 11.5 Å². The minimum Gasteiger partial charge on any atom is -0.334 e. The molecule has 0 spiro atoms. The van der Waals surface area contributed by atoms with Crippen molar-refractivity contribution in [3.8, 4) is 0 Å². The van der Waals surface area contributed by atoms with E-state index in [1.54, 1.807) is 4.90 Å². The molecule has 5 nitrogen and oxygen atoms in total. The van der Waals surface area contributed by atoms with Crippen molar-refractivity contribution in [3.63, 3.8) is 0 Å². The van der Waals surface area contributed by atoms with Crippen molar-refractivity contribution in [3.05, 3.63) is 63.1 Å². The van der Waals surface area contributed by atoms with Crippen molar-refractivity contribution in [2.75, 3.05) is 6.54 Å². The monoisotopic (exact) mass is 269 g/mol. The Labute approximate surface area is 116 Å². The Balaban J connectivity index is 1.84. The number of aromatic amines is 1. The molecule has 1 aromatic carbocycles. The van der Waals surface area contributed by atoms with E-state index in [0.29, 0.717) is 25.1 Å². The maximum Gasteiger partial charge on any atom is 0.264 e. The molecule has 0 aliphatic carbocycles. The molecule has 1 aliphatic rings. The van der Waals surface area contributed by atoms with Gasteiger partial charge in [0.05, 0.1) is 5.69 Å². The Morgan fingerprint density at radius 1 is 1.30 bits per heavy atom. The van der Waals surface area contributed by atoms with Crippen LogP contribution >= 0.6 is 0 Å². The first-order valence-corrected chi connectivity index (χ1v) is 6.57. The summed E-state index contributed by atoms with van der Waals surface area (Å²) in [4.78, 5) is 25.5. The van der Waals surface area contributed by atoms with E-state index in [1.165, 1.54) is 6.07 Å². The second-order valence-corrected chi connectivity index (χ2v) is 5.05. The number of nitrogens with zero attached hydrogens (tertiary/aromatic N) is 2. The highest BCUT2D eigenvalue weighted by Crippen LogP contribution is 2.17. The largest absolute Gasteiger partial charge is 0.334 e. The molecule has 1 aliphatic heterocycles. The summed E-state index contributed by atoms with van der Waals surface area (Å²) in [6, 6.07) is 9.05. The topological polar surface area (TPSA) is 66.1 Å². The molecule has 0 saturated heterocycles. The Bertz CT molecular complexity index is 704. The minimum atomic E-state index is -0.228. The van der Waals surface area contributed by atoms with E-state index >= 15 is 0 Å². The van der Waals surface area contributed by atoms with Gasteiger partial charge in [0.1, 0.15) is 0 Å². The van der Waals surface area contributed by atoms with Gasteiger partial charge >= 0.3 is 0 Å². The summed E-state index contributed by atoms with van der Waals surface area (Å²) in [5.41, 5.74) is 3.28. The number of rotatable bonds is 1. The Morgan fingerprint density at radius 2 is 2.05 bits per heavy atom. The molecule has 1 amide bonds. The zero-order chi connectivity index (χ0) is 14.1. The minimum absolute atomic E-state index is 0.00377. The van der Waals surface area contributed by atoms with Gasteiger partial charge in [0.15, 0.2) is 0 Å².